The maximum atomic E-state index is 13.4. The number of phenolic OH excluding ortho intramolecular Hbond substituents is 1. The zero-order valence-electron chi connectivity index (χ0n) is 23.1. The maximum absolute atomic E-state index is 13.4. The highest BCUT2D eigenvalue weighted by Crippen LogP contribution is 2.57. The molecule has 13 heteroatoms. The molecule has 0 amide bonds. The fourth-order valence-corrected chi connectivity index (χ4v) is 6.74. The van der Waals surface area contributed by atoms with Gasteiger partial charge in [-0.1, -0.05) is 0 Å². The van der Waals surface area contributed by atoms with Crippen LogP contribution in [0, 0.1) is 11.8 Å². The third-order valence-corrected chi connectivity index (χ3v) is 8.75. The highest BCUT2D eigenvalue weighted by molar-refractivity contribution is 5.79. The molecule has 4 aliphatic heterocycles. The molecule has 7 rings (SSSR count). The van der Waals surface area contributed by atoms with Crippen molar-refractivity contribution >= 4 is 5.97 Å². The molecule has 0 unspecified atom stereocenters. The lowest BCUT2D eigenvalue weighted by Gasteiger charge is -2.47. The fraction of sp³-hybridized carbons (Fsp3) is 0.552. The number of methoxy groups -OCH3 is 2. The van der Waals surface area contributed by atoms with Crippen molar-refractivity contribution in [3.63, 3.8) is 0 Å². The summed E-state index contributed by atoms with van der Waals surface area (Å²) in [6.07, 6.45) is -6.80. The fourth-order valence-electron chi connectivity index (χ4n) is 6.74. The molecule has 3 N–H and O–H groups in total. The van der Waals surface area contributed by atoms with Gasteiger partial charge in [0.15, 0.2) is 35.6 Å². The SMILES string of the molecule is COc1cc([C@@H]2c3cc4c(cc3[C@@H](O[C@@H]3O[C@@H]5CO[C@@H](C)O[C@H]5[C@H](O)[C@@H]3O)[C@H]3COC(=O)[C@H]23)OCO4)cc(OC)c1O. The van der Waals surface area contributed by atoms with Crippen LogP contribution in [-0.2, 0) is 28.5 Å². The van der Waals surface area contributed by atoms with E-state index in [1.165, 1.54) is 14.2 Å². The average molecular weight is 589 g/mol. The van der Waals surface area contributed by atoms with E-state index in [9.17, 15) is 20.1 Å². The van der Waals surface area contributed by atoms with Gasteiger partial charge in [0.2, 0.25) is 12.5 Å². The lowest BCUT2D eigenvalue weighted by atomic mass is 9.66. The number of aromatic hydroxyl groups is 1. The number of phenols is 1. The molecule has 10 atom stereocenters. The van der Waals surface area contributed by atoms with Crippen molar-refractivity contribution in [3.8, 4) is 28.7 Å². The van der Waals surface area contributed by atoms with Crippen molar-refractivity contribution in [1.29, 1.82) is 0 Å². The van der Waals surface area contributed by atoms with Gasteiger partial charge in [0, 0.05) is 11.8 Å². The number of hydrogen-bond donors (Lipinski definition) is 3. The first kappa shape index (κ1) is 27.5. The Morgan fingerprint density at radius 2 is 1.57 bits per heavy atom. The highest BCUT2D eigenvalue weighted by Gasteiger charge is 2.56. The number of esters is 1. The number of fused-ring (bicyclic) bond motifs is 4. The minimum Gasteiger partial charge on any atom is -0.502 e. The average Bonchev–Trinajstić information content (AvgIpc) is 3.61. The number of cyclic esters (lactones) is 1. The second kappa shape index (κ2) is 10.4. The molecular weight excluding hydrogens is 556 g/mol. The first-order valence-electron chi connectivity index (χ1n) is 13.8. The van der Waals surface area contributed by atoms with Crippen molar-refractivity contribution in [1.82, 2.24) is 0 Å². The summed E-state index contributed by atoms with van der Waals surface area (Å²) < 4.78 is 51.5. The van der Waals surface area contributed by atoms with Crippen LogP contribution in [0.3, 0.4) is 0 Å². The summed E-state index contributed by atoms with van der Waals surface area (Å²) in [5.41, 5.74) is 2.01. The molecule has 42 heavy (non-hydrogen) atoms. The van der Waals surface area contributed by atoms with Gasteiger partial charge in [-0.25, -0.2) is 0 Å². The molecule has 0 radical (unpaired) electrons. The van der Waals surface area contributed by atoms with Gasteiger partial charge in [-0.2, -0.15) is 0 Å². The van der Waals surface area contributed by atoms with E-state index in [-0.39, 0.29) is 37.3 Å². The molecule has 0 saturated carbocycles. The van der Waals surface area contributed by atoms with E-state index in [4.69, 9.17) is 42.6 Å². The van der Waals surface area contributed by atoms with E-state index in [0.29, 0.717) is 28.2 Å². The zero-order chi connectivity index (χ0) is 29.3. The molecule has 226 valence electrons. The van der Waals surface area contributed by atoms with Crippen LogP contribution in [0.2, 0.25) is 0 Å². The van der Waals surface area contributed by atoms with E-state index < -0.39 is 66.8 Å². The first-order chi connectivity index (χ1) is 20.3. The Bertz CT molecular complexity index is 1350. The normalized spacial score (nSPS) is 36.5. The number of carbonyl (C=O) groups is 1. The molecule has 3 fully saturated rings. The van der Waals surface area contributed by atoms with Gasteiger partial charge < -0.3 is 58.0 Å². The highest BCUT2D eigenvalue weighted by atomic mass is 16.8. The number of hydrogen-bond acceptors (Lipinski definition) is 13. The van der Waals surface area contributed by atoms with Gasteiger partial charge in [0.25, 0.3) is 0 Å². The van der Waals surface area contributed by atoms with Crippen LogP contribution in [0.25, 0.3) is 0 Å². The van der Waals surface area contributed by atoms with Crippen LogP contribution in [0.1, 0.15) is 35.6 Å². The Hall–Kier alpha value is -3.33. The number of aliphatic hydroxyl groups is 2. The maximum Gasteiger partial charge on any atom is 0.310 e. The molecular formula is C29H32O13. The monoisotopic (exact) mass is 588 g/mol. The summed E-state index contributed by atoms with van der Waals surface area (Å²) >= 11 is 0. The van der Waals surface area contributed by atoms with Crippen LogP contribution in [0.4, 0.5) is 0 Å². The Balaban J connectivity index is 1.32. The third-order valence-electron chi connectivity index (χ3n) is 8.75. The minimum atomic E-state index is -1.44. The number of carbonyl (C=O) groups excluding carboxylic acids is 1. The lowest BCUT2D eigenvalue weighted by Crippen LogP contribution is -2.63. The van der Waals surface area contributed by atoms with Gasteiger partial charge in [-0.3, -0.25) is 4.79 Å². The van der Waals surface area contributed by atoms with Crippen molar-refractivity contribution in [3.05, 3.63) is 41.0 Å². The molecule has 13 nitrogen and oxygen atoms in total. The van der Waals surface area contributed by atoms with E-state index >= 15 is 0 Å². The second-order valence-corrected chi connectivity index (χ2v) is 11.0. The van der Waals surface area contributed by atoms with Crippen molar-refractivity contribution in [2.45, 2.75) is 55.9 Å². The van der Waals surface area contributed by atoms with Crippen LogP contribution < -0.4 is 18.9 Å². The summed E-state index contributed by atoms with van der Waals surface area (Å²) in [5, 5.41) is 32.5. The largest absolute Gasteiger partial charge is 0.502 e. The van der Waals surface area contributed by atoms with Crippen molar-refractivity contribution in [2.24, 2.45) is 11.8 Å². The molecule has 3 saturated heterocycles. The summed E-state index contributed by atoms with van der Waals surface area (Å²) in [4.78, 5) is 13.4. The zero-order valence-corrected chi connectivity index (χ0v) is 23.1. The molecule has 0 spiro atoms. The van der Waals surface area contributed by atoms with Crippen molar-refractivity contribution < 1.29 is 62.7 Å². The minimum absolute atomic E-state index is 0.0301. The molecule has 1 aliphatic carbocycles. The van der Waals surface area contributed by atoms with E-state index in [1.807, 2.05) is 0 Å². The van der Waals surface area contributed by atoms with Crippen LogP contribution in [0.5, 0.6) is 28.7 Å². The van der Waals surface area contributed by atoms with E-state index in [1.54, 1.807) is 31.2 Å². The van der Waals surface area contributed by atoms with Gasteiger partial charge in [-0.15, -0.1) is 0 Å². The molecule has 0 bridgehead atoms. The summed E-state index contributed by atoms with van der Waals surface area (Å²) in [5.74, 6) is -1.02. The second-order valence-electron chi connectivity index (χ2n) is 11.0. The lowest BCUT2D eigenvalue weighted by molar-refractivity contribution is -0.364. The van der Waals surface area contributed by atoms with Crippen molar-refractivity contribution in [2.75, 3.05) is 34.2 Å². The van der Waals surface area contributed by atoms with Gasteiger partial charge in [0.1, 0.15) is 24.4 Å². The quantitative estimate of drug-likeness (QED) is 0.430. The van der Waals surface area contributed by atoms with E-state index in [0.717, 1.165) is 0 Å². The smallest absolute Gasteiger partial charge is 0.310 e. The molecule has 0 aromatic heterocycles. The topological polar surface area (TPSA) is 161 Å². The van der Waals surface area contributed by atoms with Gasteiger partial charge in [0.05, 0.1) is 39.5 Å². The van der Waals surface area contributed by atoms with Crippen LogP contribution >= 0.6 is 0 Å². The summed E-state index contributed by atoms with van der Waals surface area (Å²) in [6, 6.07) is 6.93. The predicted molar refractivity (Wildman–Crippen MR) is 138 cm³/mol. The third kappa shape index (κ3) is 4.26. The molecule has 2 aromatic carbocycles. The molecule has 4 heterocycles. The number of rotatable bonds is 5. The summed E-state index contributed by atoms with van der Waals surface area (Å²) in [6.45, 7) is 1.93. The van der Waals surface area contributed by atoms with Gasteiger partial charge in [-0.05, 0) is 47.9 Å². The first-order valence-corrected chi connectivity index (χ1v) is 13.8. The van der Waals surface area contributed by atoms with Crippen LogP contribution in [-0.4, -0.2) is 92.5 Å². The molecule has 2 aromatic rings. The van der Waals surface area contributed by atoms with Crippen LogP contribution in [0.15, 0.2) is 24.3 Å². The Morgan fingerprint density at radius 3 is 2.26 bits per heavy atom. The number of ether oxygens (including phenoxy) is 9. The number of aliphatic hydroxyl groups excluding tert-OH is 2. The Kier molecular flexibility index (Phi) is 6.83. The number of benzene rings is 2. The summed E-state index contributed by atoms with van der Waals surface area (Å²) in [7, 11) is 2.86. The van der Waals surface area contributed by atoms with Gasteiger partial charge >= 0.3 is 5.97 Å². The molecule has 5 aliphatic rings. The van der Waals surface area contributed by atoms with E-state index in [2.05, 4.69) is 0 Å². The standard InChI is InChI=1S/C29H32O13/c1-11-36-9-20-27(40-11)24(31)25(32)29(41-20)42-26-14-7-17-16(38-10-39-17)6-13(14)21(22-15(26)8-37-28(22)33)12-4-18(34-2)23(30)19(5-12)35-3/h4-7,11,15,20-22,24-27,29-32H,8-10H2,1-3H3/t11-,15+,20-,21-,22+,24-,25+,26-,27-,29+/m1/s1. The Labute approximate surface area is 240 Å². The predicted octanol–water partition coefficient (Wildman–Crippen LogP) is 1.34. The Morgan fingerprint density at radius 1 is 0.881 bits per heavy atom.